The van der Waals surface area contributed by atoms with E-state index in [0.29, 0.717) is 0 Å². The van der Waals surface area contributed by atoms with Crippen molar-refractivity contribution in [2.24, 2.45) is 4.99 Å². The van der Waals surface area contributed by atoms with E-state index in [0.717, 1.165) is 44.5 Å². The van der Waals surface area contributed by atoms with E-state index in [1.165, 1.54) is 17.9 Å². The maximum absolute atomic E-state index is 4.53. The molecule has 3 heterocycles. The number of pyridine rings is 1. The van der Waals surface area contributed by atoms with Crippen molar-refractivity contribution in [2.75, 3.05) is 70.3 Å². The fourth-order valence-corrected chi connectivity index (χ4v) is 5.06. The van der Waals surface area contributed by atoms with Crippen molar-refractivity contribution >= 4 is 47.5 Å². The van der Waals surface area contributed by atoms with E-state index in [9.17, 15) is 0 Å². The van der Waals surface area contributed by atoms with Crippen LogP contribution in [0.4, 0.5) is 5.82 Å². The summed E-state index contributed by atoms with van der Waals surface area (Å²) >= 11 is 2.05. The molecule has 3 rings (SSSR count). The molecule has 2 fully saturated rings. The first-order chi connectivity index (χ1) is 12.1. The molecule has 1 aromatic rings. The molecule has 0 aliphatic carbocycles. The third kappa shape index (κ3) is 4.95. The number of anilines is 1. The van der Waals surface area contributed by atoms with Crippen LogP contribution in [0.3, 0.4) is 0 Å². The van der Waals surface area contributed by atoms with Crippen molar-refractivity contribution in [1.29, 1.82) is 0 Å². The van der Waals surface area contributed by atoms with Crippen molar-refractivity contribution in [3.05, 3.63) is 24.4 Å². The first-order valence-corrected chi connectivity index (χ1v) is 10.2. The molecule has 8 heteroatoms. The number of likely N-dealkylation sites (N-methyl/N-ethyl adjacent to an activating group) is 1. The first-order valence-electron chi connectivity index (χ1n) is 9.01. The smallest absolute Gasteiger partial charge is 0.193 e. The zero-order valence-electron chi connectivity index (χ0n) is 16.0. The summed E-state index contributed by atoms with van der Waals surface area (Å²) in [6, 6.07) is 6.10. The minimum atomic E-state index is 0. The number of hydrogen-bond donors (Lipinski definition) is 1. The van der Waals surface area contributed by atoms with Crippen molar-refractivity contribution < 1.29 is 0 Å². The van der Waals surface area contributed by atoms with Crippen LogP contribution in [-0.2, 0) is 0 Å². The summed E-state index contributed by atoms with van der Waals surface area (Å²) in [6.07, 6.45) is 3.10. The van der Waals surface area contributed by atoms with Gasteiger partial charge in [-0.2, -0.15) is 11.8 Å². The Morgan fingerprint density at radius 1 is 1.31 bits per heavy atom. The molecule has 0 bridgehead atoms. The molecule has 0 radical (unpaired) electrons. The van der Waals surface area contributed by atoms with Gasteiger partial charge < -0.3 is 20.0 Å². The Balaban J connectivity index is 0.00000243. The lowest BCUT2D eigenvalue weighted by Gasteiger charge is -2.40. The number of nitrogens with zero attached hydrogens (tertiary/aromatic N) is 5. The second kappa shape index (κ2) is 9.98. The van der Waals surface area contributed by atoms with Gasteiger partial charge in [0.15, 0.2) is 5.96 Å². The number of thioether (sulfide) groups is 1. The number of nitrogens with one attached hydrogen (secondary N) is 1. The quantitative estimate of drug-likeness (QED) is 0.395. The predicted molar refractivity (Wildman–Crippen MR) is 123 cm³/mol. The van der Waals surface area contributed by atoms with Crippen LogP contribution in [0.25, 0.3) is 0 Å². The normalized spacial score (nSPS) is 23.9. The molecule has 0 spiro atoms. The number of hydrogen-bond acceptors (Lipinski definition) is 5. The van der Waals surface area contributed by atoms with Gasteiger partial charge in [-0.05, 0) is 38.4 Å². The standard InChI is InChI=1S/C18H30N6S.HI/c1-19-17(21-14-18(22(2)3)7-13-25-15-18)24-11-9-23(10-12-24)16-6-4-5-8-20-16;/h4-6,8H,7,9-15H2,1-3H3,(H,19,21);1H. The SMILES string of the molecule is CN=C(NCC1(N(C)C)CCSC1)N1CCN(c2ccccn2)CC1.I. The summed E-state index contributed by atoms with van der Waals surface area (Å²) in [6.45, 7) is 4.86. The predicted octanol–water partition coefficient (Wildman–Crippen LogP) is 1.83. The molecule has 0 amide bonds. The highest BCUT2D eigenvalue weighted by Crippen LogP contribution is 2.31. The third-order valence-corrected chi connectivity index (χ3v) is 6.61. The zero-order chi connectivity index (χ0) is 17.7. The monoisotopic (exact) mass is 490 g/mol. The highest BCUT2D eigenvalue weighted by molar-refractivity contribution is 14.0. The molecule has 1 atom stereocenters. The molecule has 1 aromatic heterocycles. The van der Waals surface area contributed by atoms with Gasteiger partial charge in [0, 0.05) is 57.3 Å². The largest absolute Gasteiger partial charge is 0.354 e. The minimum Gasteiger partial charge on any atom is -0.354 e. The highest BCUT2D eigenvalue weighted by atomic mass is 127. The van der Waals surface area contributed by atoms with Crippen molar-refractivity contribution in [1.82, 2.24) is 20.1 Å². The van der Waals surface area contributed by atoms with E-state index in [-0.39, 0.29) is 29.5 Å². The number of halogens is 1. The van der Waals surface area contributed by atoms with Gasteiger partial charge in [0.1, 0.15) is 5.82 Å². The van der Waals surface area contributed by atoms with E-state index in [1.54, 1.807) is 0 Å². The lowest BCUT2D eigenvalue weighted by Crippen LogP contribution is -2.58. The maximum atomic E-state index is 4.53. The van der Waals surface area contributed by atoms with Crippen LogP contribution in [0, 0.1) is 0 Å². The molecule has 1 N–H and O–H groups in total. The molecule has 0 aromatic carbocycles. The van der Waals surface area contributed by atoms with Crippen LogP contribution >= 0.6 is 35.7 Å². The van der Waals surface area contributed by atoms with Crippen LogP contribution in [0.5, 0.6) is 0 Å². The molecule has 2 aliphatic heterocycles. The third-order valence-electron chi connectivity index (χ3n) is 5.37. The molecule has 6 nitrogen and oxygen atoms in total. The Kier molecular flexibility index (Phi) is 8.28. The number of aliphatic imine (C=N–C) groups is 1. The van der Waals surface area contributed by atoms with E-state index in [1.807, 2.05) is 19.3 Å². The molecule has 146 valence electrons. The number of aromatic nitrogens is 1. The van der Waals surface area contributed by atoms with Gasteiger partial charge >= 0.3 is 0 Å². The first kappa shape index (κ1) is 21.6. The molecule has 2 aliphatic rings. The summed E-state index contributed by atoms with van der Waals surface area (Å²) in [5.74, 6) is 4.54. The Bertz CT molecular complexity index is 568. The Labute approximate surface area is 178 Å². The Hall–Kier alpha value is -0.740. The summed E-state index contributed by atoms with van der Waals surface area (Å²) < 4.78 is 0. The number of rotatable bonds is 4. The van der Waals surface area contributed by atoms with Gasteiger partial charge in [-0.25, -0.2) is 4.98 Å². The molecular formula is C18H31IN6S. The Morgan fingerprint density at radius 3 is 2.62 bits per heavy atom. The van der Waals surface area contributed by atoms with Crippen LogP contribution in [0.15, 0.2) is 29.4 Å². The van der Waals surface area contributed by atoms with Crippen LogP contribution < -0.4 is 10.2 Å². The van der Waals surface area contributed by atoms with Gasteiger partial charge in [-0.3, -0.25) is 4.99 Å². The summed E-state index contributed by atoms with van der Waals surface area (Å²) in [5, 5.41) is 3.64. The van der Waals surface area contributed by atoms with Crippen LogP contribution in [0.1, 0.15) is 6.42 Å². The van der Waals surface area contributed by atoms with E-state index < -0.39 is 0 Å². The van der Waals surface area contributed by atoms with Crippen LogP contribution in [-0.4, -0.2) is 91.7 Å². The van der Waals surface area contributed by atoms with Gasteiger partial charge in [0.25, 0.3) is 0 Å². The van der Waals surface area contributed by atoms with E-state index in [4.69, 9.17) is 0 Å². The van der Waals surface area contributed by atoms with Crippen molar-refractivity contribution in [2.45, 2.75) is 12.0 Å². The summed E-state index contributed by atoms with van der Waals surface area (Å²) in [5.41, 5.74) is 0.246. The topological polar surface area (TPSA) is 47.0 Å². The highest BCUT2D eigenvalue weighted by Gasteiger charge is 2.37. The van der Waals surface area contributed by atoms with Gasteiger partial charge in [-0.15, -0.1) is 24.0 Å². The number of piperazine rings is 1. The van der Waals surface area contributed by atoms with Gasteiger partial charge in [-0.1, -0.05) is 6.07 Å². The van der Waals surface area contributed by atoms with E-state index >= 15 is 0 Å². The molecule has 26 heavy (non-hydrogen) atoms. The summed E-state index contributed by atoms with van der Waals surface area (Å²) in [7, 11) is 6.28. The molecule has 1 unspecified atom stereocenters. The second-order valence-corrected chi connectivity index (χ2v) is 8.09. The van der Waals surface area contributed by atoms with Crippen LogP contribution in [0.2, 0.25) is 0 Å². The average Bonchev–Trinajstić information content (AvgIpc) is 3.14. The second-order valence-electron chi connectivity index (χ2n) is 6.98. The lowest BCUT2D eigenvalue weighted by atomic mass is 9.97. The van der Waals surface area contributed by atoms with Crippen molar-refractivity contribution in [3.8, 4) is 0 Å². The van der Waals surface area contributed by atoms with Gasteiger partial charge in [0.2, 0.25) is 0 Å². The maximum Gasteiger partial charge on any atom is 0.193 e. The van der Waals surface area contributed by atoms with Crippen molar-refractivity contribution in [3.63, 3.8) is 0 Å². The number of guanidine groups is 1. The van der Waals surface area contributed by atoms with Gasteiger partial charge in [0.05, 0.1) is 0 Å². The fraction of sp³-hybridized carbons (Fsp3) is 0.667. The van der Waals surface area contributed by atoms with E-state index in [2.05, 4.69) is 68.0 Å². The average molecular weight is 490 g/mol. The minimum absolute atomic E-state index is 0. The molecular weight excluding hydrogens is 459 g/mol. The Morgan fingerprint density at radius 2 is 2.08 bits per heavy atom. The summed E-state index contributed by atoms with van der Waals surface area (Å²) in [4.78, 5) is 16.1. The molecule has 2 saturated heterocycles. The molecule has 0 saturated carbocycles. The fourth-order valence-electron chi connectivity index (χ4n) is 3.51. The zero-order valence-corrected chi connectivity index (χ0v) is 19.2. The lowest BCUT2D eigenvalue weighted by molar-refractivity contribution is 0.181.